The fraction of sp³-hybridized carbons (Fsp3) is 0.176. The van der Waals surface area contributed by atoms with E-state index in [9.17, 15) is 9.59 Å². The van der Waals surface area contributed by atoms with Crippen LogP contribution >= 0.6 is 0 Å². The van der Waals surface area contributed by atoms with Crippen LogP contribution in [-0.2, 0) is 22.6 Å². The van der Waals surface area contributed by atoms with Crippen molar-refractivity contribution in [1.29, 1.82) is 0 Å². The first-order valence-corrected chi connectivity index (χ1v) is 6.74. The predicted molar refractivity (Wildman–Crippen MR) is 80.5 cm³/mol. The Labute approximate surface area is 127 Å². The Balaban J connectivity index is 1.95. The van der Waals surface area contributed by atoms with Crippen LogP contribution in [0.5, 0.6) is 5.75 Å². The van der Waals surface area contributed by atoms with Crippen molar-refractivity contribution in [3.63, 3.8) is 0 Å². The molecule has 2 aromatic carbocycles. The number of isocyanates is 1. The number of hydrogen-bond acceptors (Lipinski definition) is 4. The van der Waals surface area contributed by atoms with Gasteiger partial charge in [-0.05, 0) is 23.3 Å². The van der Waals surface area contributed by atoms with E-state index in [1.54, 1.807) is 24.3 Å². The van der Waals surface area contributed by atoms with Gasteiger partial charge in [-0.15, -0.1) is 0 Å². The molecule has 0 bridgehead atoms. The number of ether oxygens (including phenoxy) is 1. The van der Waals surface area contributed by atoms with E-state index in [2.05, 4.69) is 4.99 Å². The van der Waals surface area contributed by atoms with Crippen LogP contribution in [0.3, 0.4) is 0 Å². The monoisotopic (exact) mass is 297 g/mol. The third-order valence-corrected chi connectivity index (χ3v) is 3.09. The highest BCUT2D eigenvalue weighted by Gasteiger charge is 2.16. The molecule has 1 N–H and O–H groups in total. The molecule has 0 radical (unpaired) electrons. The molecular weight excluding hydrogens is 282 g/mol. The lowest BCUT2D eigenvalue weighted by Crippen LogP contribution is -2.20. The summed E-state index contributed by atoms with van der Waals surface area (Å²) in [5.74, 6) is -0.453. The molecule has 1 atom stereocenters. The summed E-state index contributed by atoms with van der Waals surface area (Å²) in [5, 5.41) is 8.93. The third-order valence-electron chi connectivity index (χ3n) is 3.09. The smallest absolute Gasteiger partial charge is 0.329 e. The highest BCUT2D eigenvalue weighted by atomic mass is 16.5. The lowest BCUT2D eigenvalue weighted by molar-refractivity contribution is -0.138. The number of carbonyl (C=O) groups is 1. The van der Waals surface area contributed by atoms with Crippen molar-refractivity contribution in [3.8, 4) is 5.75 Å². The Hall–Kier alpha value is -2.91. The van der Waals surface area contributed by atoms with Crippen LogP contribution < -0.4 is 4.74 Å². The molecule has 0 aliphatic carbocycles. The molecule has 0 saturated carbocycles. The molecule has 0 amide bonds. The van der Waals surface area contributed by atoms with Gasteiger partial charge in [0.15, 0.2) is 6.04 Å². The quantitative estimate of drug-likeness (QED) is 0.629. The van der Waals surface area contributed by atoms with Crippen molar-refractivity contribution < 1.29 is 19.4 Å². The highest BCUT2D eigenvalue weighted by Crippen LogP contribution is 2.16. The number of hydrogen-bond donors (Lipinski definition) is 1. The summed E-state index contributed by atoms with van der Waals surface area (Å²) < 4.78 is 5.64. The lowest BCUT2D eigenvalue weighted by Gasteiger charge is -2.08. The molecule has 22 heavy (non-hydrogen) atoms. The first kappa shape index (κ1) is 15.5. The molecule has 0 aliphatic heterocycles. The Morgan fingerprint density at radius 1 is 1.09 bits per heavy atom. The second-order valence-electron chi connectivity index (χ2n) is 4.70. The Morgan fingerprint density at radius 2 is 1.77 bits per heavy atom. The lowest BCUT2D eigenvalue weighted by atomic mass is 10.1. The van der Waals surface area contributed by atoms with E-state index in [1.807, 2.05) is 30.3 Å². The van der Waals surface area contributed by atoms with Crippen LogP contribution in [0, 0.1) is 0 Å². The summed E-state index contributed by atoms with van der Waals surface area (Å²) in [6.45, 7) is 0.466. The van der Waals surface area contributed by atoms with Crippen molar-refractivity contribution in [2.45, 2.75) is 19.1 Å². The first-order valence-electron chi connectivity index (χ1n) is 6.74. The fourth-order valence-corrected chi connectivity index (χ4v) is 1.94. The van der Waals surface area contributed by atoms with Gasteiger partial charge < -0.3 is 9.84 Å². The summed E-state index contributed by atoms with van der Waals surface area (Å²) in [7, 11) is 0. The zero-order valence-corrected chi connectivity index (χ0v) is 11.8. The van der Waals surface area contributed by atoms with Gasteiger partial charge in [0, 0.05) is 6.42 Å². The number of benzene rings is 2. The van der Waals surface area contributed by atoms with Crippen molar-refractivity contribution in [2.75, 3.05) is 0 Å². The molecule has 1 unspecified atom stereocenters. The standard InChI is InChI=1S/C17H15NO4/c19-12-18-16(17(20)21)10-13-6-8-15(9-7-13)22-11-14-4-2-1-3-5-14/h1-9,16H,10-11H2,(H,20,21). The Kier molecular flexibility index (Phi) is 5.46. The van der Waals surface area contributed by atoms with Gasteiger partial charge in [0.1, 0.15) is 12.4 Å². The van der Waals surface area contributed by atoms with E-state index in [-0.39, 0.29) is 6.42 Å². The van der Waals surface area contributed by atoms with E-state index < -0.39 is 12.0 Å². The number of carboxylic acid groups (broad SMARTS) is 1. The molecule has 0 heterocycles. The van der Waals surface area contributed by atoms with E-state index in [4.69, 9.17) is 9.84 Å². The molecular formula is C17H15NO4. The molecule has 2 rings (SSSR count). The zero-order valence-electron chi connectivity index (χ0n) is 11.8. The molecule has 112 valence electrons. The molecule has 0 spiro atoms. The number of aliphatic imine (C=N–C) groups is 1. The molecule has 0 saturated heterocycles. The summed E-state index contributed by atoms with van der Waals surface area (Å²) in [6.07, 6.45) is 1.43. The fourth-order valence-electron chi connectivity index (χ4n) is 1.94. The summed E-state index contributed by atoms with van der Waals surface area (Å²) in [6, 6.07) is 15.7. The van der Waals surface area contributed by atoms with Crippen LogP contribution in [0.1, 0.15) is 11.1 Å². The van der Waals surface area contributed by atoms with Gasteiger partial charge in [0.25, 0.3) is 0 Å². The number of rotatable bonds is 7. The van der Waals surface area contributed by atoms with Crippen LogP contribution in [0.2, 0.25) is 0 Å². The van der Waals surface area contributed by atoms with E-state index in [0.717, 1.165) is 11.1 Å². The minimum absolute atomic E-state index is 0.142. The van der Waals surface area contributed by atoms with Crippen LogP contribution in [0.15, 0.2) is 59.6 Å². The molecule has 0 fully saturated rings. The Morgan fingerprint density at radius 3 is 2.36 bits per heavy atom. The van der Waals surface area contributed by atoms with Crippen LogP contribution in [0.25, 0.3) is 0 Å². The maximum atomic E-state index is 10.9. The van der Waals surface area contributed by atoms with Crippen molar-refractivity contribution in [2.24, 2.45) is 4.99 Å². The average molecular weight is 297 g/mol. The number of nitrogens with zero attached hydrogens (tertiary/aromatic N) is 1. The van der Waals surface area contributed by atoms with Crippen molar-refractivity contribution in [1.82, 2.24) is 0 Å². The second-order valence-corrected chi connectivity index (χ2v) is 4.70. The molecule has 0 aromatic heterocycles. The predicted octanol–water partition coefficient (Wildman–Crippen LogP) is 2.60. The molecule has 2 aromatic rings. The molecule has 5 heteroatoms. The summed E-state index contributed by atoms with van der Waals surface area (Å²) in [5.41, 5.74) is 1.83. The molecule has 5 nitrogen and oxygen atoms in total. The minimum Gasteiger partial charge on any atom is -0.489 e. The first-order chi connectivity index (χ1) is 10.7. The second kappa shape index (κ2) is 7.76. The van der Waals surface area contributed by atoms with Crippen molar-refractivity contribution in [3.05, 3.63) is 65.7 Å². The normalized spacial score (nSPS) is 11.3. The van der Waals surface area contributed by atoms with Crippen molar-refractivity contribution >= 4 is 12.0 Å². The number of aliphatic carboxylic acids is 1. The van der Waals surface area contributed by atoms with Gasteiger partial charge in [0.05, 0.1) is 0 Å². The summed E-state index contributed by atoms with van der Waals surface area (Å²) in [4.78, 5) is 24.4. The van der Waals surface area contributed by atoms with Gasteiger partial charge in [-0.3, -0.25) is 0 Å². The van der Waals surface area contributed by atoms with Gasteiger partial charge in [-0.1, -0.05) is 42.5 Å². The highest BCUT2D eigenvalue weighted by molar-refractivity contribution is 5.75. The van der Waals surface area contributed by atoms with Gasteiger partial charge in [0.2, 0.25) is 6.08 Å². The number of carboxylic acids is 1. The van der Waals surface area contributed by atoms with Gasteiger partial charge in [-0.25, -0.2) is 9.59 Å². The van der Waals surface area contributed by atoms with Crippen LogP contribution in [-0.4, -0.2) is 23.2 Å². The van der Waals surface area contributed by atoms with Crippen LogP contribution in [0.4, 0.5) is 0 Å². The summed E-state index contributed by atoms with van der Waals surface area (Å²) >= 11 is 0. The maximum absolute atomic E-state index is 10.9. The minimum atomic E-state index is -1.15. The third kappa shape index (κ3) is 4.58. The van der Waals surface area contributed by atoms with Gasteiger partial charge >= 0.3 is 5.97 Å². The largest absolute Gasteiger partial charge is 0.489 e. The van der Waals surface area contributed by atoms with E-state index >= 15 is 0 Å². The van der Waals surface area contributed by atoms with Gasteiger partial charge in [-0.2, -0.15) is 4.99 Å². The van der Waals surface area contributed by atoms with E-state index in [1.165, 1.54) is 6.08 Å². The maximum Gasteiger partial charge on any atom is 0.329 e. The Bertz CT molecular complexity index is 659. The average Bonchev–Trinajstić information content (AvgIpc) is 2.54. The van der Waals surface area contributed by atoms with E-state index in [0.29, 0.717) is 12.4 Å². The molecule has 0 aliphatic rings. The topological polar surface area (TPSA) is 76.0 Å². The SMILES string of the molecule is O=C=NC(Cc1ccc(OCc2ccccc2)cc1)C(=O)O. The zero-order chi connectivity index (χ0) is 15.8. The number of carbonyl (C=O) groups excluding carboxylic acids is 1.